The molecule has 0 aliphatic rings. The molecule has 0 radical (unpaired) electrons. The molecule has 1 rings (SSSR count). The lowest BCUT2D eigenvalue weighted by Crippen LogP contribution is -1.83. The first kappa shape index (κ1) is 11.4. The van der Waals surface area contributed by atoms with Gasteiger partial charge in [0.05, 0.1) is 16.1 Å². The molecule has 0 spiro atoms. The van der Waals surface area contributed by atoms with Crippen LogP contribution >= 0.6 is 35.2 Å². The second-order valence-corrected chi connectivity index (χ2v) is 4.06. The van der Waals surface area contributed by atoms with Gasteiger partial charge < -0.3 is 0 Å². The number of nitrogens with zero attached hydrogens (tertiary/aromatic N) is 1. The van der Waals surface area contributed by atoms with Crippen LogP contribution in [0.25, 0.3) is 0 Å². The maximum Gasteiger partial charge on any atom is 0.204 e. The summed E-state index contributed by atoms with van der Waals surface area (Å²) in [6.45, 7) is 1.77. The molecule has 1 aromatic heterocycles. The van der Waals surface area contributed by atoms with Gasteiger partial charge in [-0.25, -0.2) is 0 Å². The molecule has 0 bridgehead atoms. The molecule has 1 unspecified atom stereocenters. The minimum absolute atomic E-state index is 0.0313. The number of isothiocyanates is 1. The van der Waals surface area contributed by atoms with E-state index in [1.807, 2.05) is 0 Å². The number of hydrogen-bond acceptors (Lipinski definition) is 3. The van der Waals surface area contributed by atoms with Gasteiger partial charge in [-0.3, -0.25) is 0 Å². The maximum atomic E-state index is 13.2. The predicted molar refractivity (Wildman–Crippen MR) is 61.2 cm³/mol. The summed E-state index contributed by atoms with van der Waals surface area (Å²) in [5, 5.41) is 1.82. The SMILES string of the molecule is C#CC(C)c1sc(F)c(N=C=S)c1Cl. The highest BCUT2D eigenvalue weighted by molar-refractivity contribution is 7.78. The zero-order valence-electron chi connectivity index (χ0n) is 7.17. The van der Waals surface area contributed by atoms with Crippen molar-refractivity contribution in [2.45, 2.75) is 12.8 Å². The van der Waals surface area contributed by atoms with Crippen molar-refractivity contribution < 1.29 is 4.39 Å². The summed E-state index contributed by atoms with van der Waals surface area (Å²) in [5.41, 5.74) is 0.0313. The molecule has 0 fully saturated rings. The van der Waals surface area contributed by atoms with Crippen LogP contribution in [0.4, 0.5) is 10.1 Å². The topological polar surface area (TPSA) is 12.4 Å². The van der Waals surface area contributed by atoms with Crippen LogP contribution in [0.1, 0.15) is 17.7 Å². The van der Waals surface area contributed by atoms with Crippen LogP contribution in [-0.4, -0.2) is 5.16 Å². The fraction of sp³-hybridized carbons (Fsp3) is 0.222. The van der Waals surface area contributed by atoms with Gasteiger partial charge in [-0.2, -0.15) is 9.38 Å². The minimum atomic E-state index is -0.482. The van der Waals surface area contributed by atoms with Crippen LogP contribution in [0, 0.1) is 17.5 Å². The molecule has 14 heavy (non-hydrogen) atoms. The Morgan fingerprint density at radius 1 is 1.71 bits per heavy atom. The van der Waals surface area contributed by atoms with Crippen LogP contribution in [0.3, 0.4) is 0 Å². The summed E-state index contributed by atoms with van der Waals surface area (Å²) in [6.07, 6.45) is 5.22. The van der Waals surface area contributed by atoms with Crippen LogP contribution in [0.15, 0.2) is 4.99 Å². The van der Waals surface area contributed by atoms with E-state index in [1.54, 1.807) is 6.92 Å². The summed E-state index contributed by atoms with van der Waals surface area (Å²) >= 11 is 11.1. The van der Waals surface area contributed by atoms with Gasteiger partial charge in [0.15, 0.2) is 0 Å². The summed E-state index contributed by atoms with van der Waals surface area (Å²) in [6, 6.07) is 0. The van der Waals surface area contributed by atoms with Crippen molar-refractivity contribution in [1.82, 2.24) is 0 Å². The Labute approximate surface area is 95.6 Å². The molecule has 72 valence electrons. The van der Waals surface area contributed by atoms with Crippen molar-refractivity contribution in [2.75, 3.05) is 0 Å². The van der Waals surface area contributed by atoms with Crippen LogP contribution in [0.2, 0.25) is 5.02 Å². The van der Waals surface area contributed by atoms with E-state index in [-0.39, 0.29) is 16.6 Å². The van der Waals surface area contributed by atoms with Gasteiger partial charge in [-0.15, -0.1) is 17.8 Å². The number of thiocarbonyl (C=S) groups is 1. The van der Waals surface area contributed by atoms with Crippen molar-refractivity contribution in [3.63, 3.8) is 0 Å². The predicted octanol–water partition coefficient (Wildman–Crippen LogP) is 4.01. The Morgan fingerprint density at radius 2 is 2.36 bits per heavy atom. The van der Waals surface area contributed by atoms with E-state index in [0.29, 0.717) is 4.88 Å². The molecule has 0 saturated carbocycles. The van der Waals surface area contributed by atoms with Crippen LogP contribution in [-0.2, 0) is 0 Å². The molecule has 0 N–H and O–H groups in total. The number of rotatable bonds is 2. The molecule has 5 heteroatoms. The smallest absolute Gasteiger partial charge is 0.193 e. The van der Waals surface area contributed by atoms with E-state index in [9.17, 15) is 4.39 Å². The lowest BCUT2D eigenvalue weighted by atomic mass is 10.1. The van der Waals surface area contributed by atoms with Gasteiger partial charge in [-0.05, 0) is 19.1 Å². The molecule has 0 amide bonds. The summed E-state index contributed by atoms with van der Waals surface area (Å²) in [5.74, 6) is 2.25. The highest BCUT2D eigenvalue weighted by Crippen LogP contribution is 2.41. The van der Waals surface area contributed by atoms with E-state index in [4.69, 9.17) is 18.0 Å². The highest BCUT2D eigenvalue weighted by Gasteiger charge is 2.19. The molecule has 1 nitrogen and oxygen atoms in total. The molecule has 0 aliphatic carbocycles. The summed E-state index contributed by atoms with van der Waals surface area (Å²) in [7, 11) is 0. The van der Waals surface area contributed by atoms with Crippen LogP contribution < -0.4 is 0 Å². The average Bonchev–Trinajstić information content (AvgIpc) is 2.45. The maximum absolute atomic E-state index is 13.2. The third kappa shape index (κ3) is 2.02. The lowest BCUT2D eigenvalue weighted by molar-refractivity contribution is 0.659. The number of terminal acetylenes is 1. The molecule has 0 saturated heterocycles. The van der Waals surface area contributed by atoms with Gasteiger partial charge >= 0.3 is 0 Å². The monoisotopic (exact) mass is 245 g/mol. The molecule has 1 atom stereocenters. The minimum Gasteiger partial charge on any atom is -0.193 e. The number of aliphatic imine (C=N–C) groups is 1. The van der Waals surface area contributed by atoms with E-state index in [1.165, 1.54) is 0 Å². The van der Waals surface area contributed by atoms with Crippen molar-refractivity contribution in [2.24, 2.45) is 4.99 Å². The highest BCUT2D eigenvalue weighted by atomic mass is 35.5. The van der Waals surface area contributed by atoms with Gasteiger partial charge in [-0.1, -0.05) is 17.5 Å². The zero-order valence-corrected chi connectivity index (χ0v) is 9.56. The van der Waals surface area contributed by atoms with Gasteiger partial charge in [0.2, 0.25) is 5.13 Å². The third-order valence-corrected chi connectivity index (χ3v) is 3.35. The first-order chi connectivity index (χ1) is 6.61. The largest absolute Gasteiger partial charge is 0.204 e. The second-order valence-electron chi connectivity index (χ2n) is 2.49. The molecule has 0 aliphatic heterocycles. The first-order valence-corrected chi connectivity index (χ1v) is 5.23. The number of halogens is 2. The van der Waals surface area contributed by atoms with E-state index >= 15 is 0 Å². The van der Waals surface area contributed by atoms with E-state index in [2.05, 4.69) is 28.3 Å². The zero-order chi connectivity index (χ0) is 10.7. The van der Waals surface area contributed by atoms with Crippen LogP contribution in [0.5, 0.6) is 0 Å². The van der Waals surface area contributed by atoms with Crippen molar-refractivity contribution in [3.05, 3.63) is 15.0 Å². The average molecular weight is 246 g/mol. The second kappa shape index (κ2) is 4.68. The summed E-state index contributed by atoms with van der Waals surface area (Å²) in [4.78, 5) is 4.14. The lowest BCUT2D eigenvalue weighted by Gasteiger charge is -1.99. The van der Waals surface area contributed by atoms with Crippen molar-refractivity contribution in [1.29, 1.82) is 0 Å². The Bertz CT molecular complexity index is 440. The normalized spacial score (nSPS) is 11.6. The fourth-order valence-corrected chi connectivity index (χ4v) is 2.31. The van der Waals surface area contributed by atoms with Gasteiger partial charge in [0.25, 0.3) is 0 Å². The molecule has 1 heterocycles. The van der Waals surface area contributed by atoms with E-state index in [0.717, 1.165) is 11.3 Å². The third-order valence-electron chi connectivity index (χ3n) is 1.61. The molecular formula is C9H5ClFNS2. The summed E-state index contributed by atoms with van der Waals surface area (Å²) < 4.78 is 13.2. The quantitative estimate of drug-likeness (QED) is 0.436. The number of thiophene rings is 1. The standard InChI is InChI=1S/C9H5ClFNS2/c1-3-5(2)8-6(10)7(12-4-13)9(11)14-8/h1,5H,2H3. The molecular weight excluding hydrogens is 241 g/mol. The Hall–Kier alpha value is -0.720. The number of hydrogen-bond donors (Lipinski definition) is 0. The molecule has 1 aromatic rings. The van der Waals surface area contributed by atoms with Gasteiger partial charge in [0.1, 0.15) is 5.69 Å². The molecule has 0 aromatic carbocycles. The van der Waals surface area contributed by atoms with Crippen molar-refractivity contribution in [3.8, 4) is 12.3 Å². The Morgan fingerprint density at radius 3 is 2.86 bits per heavy atom. The Kier molecular flexibility index (Phi) is 3.79. The van der Waals surface area contributed by atoms with Gasteiger partial charge in [0, 0.05) is 4.88 Å². The first-order valence-electron chi connectivity index (χ1n) is 3.63. The fourth-order valence-electron chi connectivity index (χ4n) is 0.885. The Balaban J connectivity index is 3.31. The van der Waals surface area contributed by atoms with Crippen molar-refractivity contribution >= 4 is 46.0 Å². The van der Waals surface area contributed by atoms with E-state index < -0.39 is 5.13 Å².